The van der Waals surface area contributed by atoms with Gasteiger partial charge in [-0.05, 0) is 45.7 Å². The largest absolute Gasteiger partial charge is 0.317 e. The monoisotopic (exact) mass is 283 g/mol. The maximum Gasteiger partial charge on any atom is 0.0219 e. The first kappa shape index (κ1) is 17.5. The molecule has 2 rings (SSSR count). The van der Waals surface area contributed by atoms with Crippen LogP contribution in [0.2, 0.25) is 0 Å². The lowest BCUT2D eigenvalue weighted by Gasteiger charge is -2.41. The Morgan fingerprint density at radius 3 is 2.35 bits per heavy atom. The van der Waals surface area contributed by atoms with Gasteiger partial charge in [-0.1, -0.05) is 0 Å². The van der Waals surface area contributed by atoms with Gasteiger partial charge in [0, 0.05) is 31.7 Å². The Hall–Kier alpha value is 0.460. The molecule has 2 fully saturated rings. The maximum atomic E-state index is 3.54. The van der Waals surface area contributed by atoms with Crippen LogP contribution in [0.1, 0.15) is 26.7 Å². The third-order valence-corrected chi connectivity index (χ3v) is 4.12. The minimum absolute atomic E-state index is 0. The molecule has 2 atom stereocenters. The summed E-state index contributed by atoms with van der Waals surface area (Å²) in [7, 11) is 0. The average molecular weight is 284 g/mol. The smallest absolute Gasteiger partial charge is 0.0219 e. The van der Waals surface area contributed by atoms with Crippen LogP contribution in [0.25, 0.3) is 0 Å². The Labute approximate surface area is 118 Å². The first-order chi connectivity index (χ1) is 7.27. The van der Waals surface area contributed by atoms with Crippen LogP contribution in [-0.2, 0) is 0 Å². The number of nitrogens with zero attached hydrogens (tertiary/aromatic N) is 1. The predicted molar refractivity (Wildman–Crippen MR) is 78.6 cm³/mol. The summed E-state index contributed by atoms with van der Waals surface area (Å²) in [6.07, 6.45) is 2.73. The van der Waals surface area contributed by atoms with Crippen LogP contribution in [0.15, 0.2) is 0 Å². The molecular weight excluding hydrogens is 257 g/mol. The van der Waals surface area contributed by atoms with E-state index in [2.05, 4.69) is 29.4 Å². The third kappa shape index (κ3) is 4.92. The second kappa shape index (κ2) is 8.54. The molecule has 0 amide bonds. The lowest BCUT2D eigenvalue weighted by atomic mass is 9.95. The summed E-state index contributed by atoms with van der Waals surface area (Å²) in [5.41, 5.74) is 0. The highest BCUT2D eigenvalue weighted by atomic mass is 35.5. The second-order valence-corrected chi connectivity index (χ2v) is 5.17. The van der Waals surface area contributed by atoms with Crippen molar-refractivity contribution in [3.63, 3.8) is 0 Å². The van der Waals surface area contributed by atoms with Gasteiger partial charge in [0.1, 0.15) is 0 Å². The predicted octanol–water partition coefficient (Wildman–Crippen LogP) is 1.51. The van der Waals surface area contributed by atoms with Crippen molar-refractivity contribution < 1.29 is 0 Å². The van der Waals surface area contributed by atoms with Crippen LogP contribution >= 0.6 is 24.8 Å². The van der Waals surface area contributed by atoms with E-state index in [0.29, 0.717) is 12.1 Å². The standard InChI is InChI=1S/C12H25N3.2ClH/c1-10-11(2)15(8-7-14-10)9-12-3-5-13-6-4-12;;/h10-14H,3-9H2,1-2H3;2*1H. The molecule has 2 aliphatic heterocycles. The number of halogens is 2. The zero-order valence-electron chi connectivity index (χ0n) is 10.9. The van der Waals surface area contributed by atoms with Crippen molar-refractivity contribution in [1.82, 2.24) is 15.5 Å². The van der Waals surface area contributed by atoms with E-state index >= 15 is 0 Å². The fourth-order valence-corrected chi connectivity index (χ4v) is 2.78. The first-order valence-corrected chi connectivity index (χ1v) is 6.45. The van der Waals surface area contributed by atoms with Gasteiger partial charge in [-0.3, -0.25) is 4.90 Å². The fraction of sp³-hybridized carbons (Fsp3) is 1.00. The van der Waals surface area contributed by atoms with Gasteiger partial charge in [0.25, 0.3) is 0 Å². The number of piperazine rings is 1. The molecule has 2 heterocycles. The Morgan fingerprint density at radius 1 is 1.06 bits per heavy atom. The van der Waals surface area contributed by atoms with Crippen LogP contribution in [0, 0.1) is 5.92 Å². The number of hydrogen-bond donors (Lipinski definition) is 2. The topological polar surface area (TPSA) is 27.3 Å². The van der Waals surface area contributed by atoms with Crippen molar-refractivity contribution in [3.05, 3.63) is 0 Å². The summed E-state index contributed by atoms with van der Waals surface area (Å²) in [5, 5.41) is 6.99. The summed E-state index contributed by atoms with van der Waals surface area (Å²) in [5.74, 6) is 0.930. The molecule has 5 heteroatoms. The van der Waals surface area contributed by atoms with Gasteiger partial charge in [0.05, 0.1) is 0 Å². The molecule has 104 valence electrons. The van der Waals surface area contributed by atoms with E-state index < -0.39 is 0 Å². The van der Waals surface area contributed by atoms with Gasteiger partial charge in [-0.15, -0.1) is 24.8 Å². The number of nitrogens with one attached hydrogen (secondary N) is 2. The highest BCUT2D eigenvalue weighted by Crippen LogP contribution is 2.17. The summed E-state index contributed by atoms with van der Waals surface area (Å²) >= 11 is 0. The molecule has 17 heavy (non-hydrogen) atoms. The summed E-state index contributed by atoms with van der Waals surface area (Å²) in [6, 6.07) is 1.36. The highest BCUT2D eigenvalue weighted by molar-refractivity contribution is 5.85. The van der Waals surface area contributed by atoms with E-state index in [1.807, 2.05) is 0 Å². The van der Waals surface area contributed by atoms with Crippen molar-refractivity contribution in [2.45, 2.75) is 38.8 Å². The zero-order chi connectivity index (χ0) is 10.7. The van der Waals surface area contributed by atoms with Gasteiger partial charge in [-0.2, -0.15) is 0 Å². The molecule has 2 N–H and O–H groups in total. The molecule has 2 unspecified atom stereocenters. The van der Waals surface area contributed by atoms with Crippen molar-refractivity contribution in [2.24, 2.45) is 5.92 Å². The molecule has 0 aliphatic carbocycles. The van der Waals surface area contributed by atoms with Crippen LogP contribution in [0.3, 0.4) is 0 Å². The molecule has 2 saturated heterocycles. The van der Waals surface area contributed by atoms with E-state index in [9.17, 15) is 0 Å². The third-order valence-electron chi connectivity index (χ3n) is 4.12. The fourth-order valence-electron chi connectivity index (χ4n) is 2.78. The normalized spacial score (nSPS) is 31.4. The first-order valence-electron chi connectivity index (χ1n) is 6.45. The van der Waals surface area contributed by atoms with E-state index in [1.54, 1.807) is 0 Å². The Bertz CT molecular complexity index is 198. The molecular formula is C12H27Cl2N3. The van der Waals surface area contributed by atoms with E-state index in [-0.39, 0.29) is 24.8 Å². The number of hydrogen-bond acceptors (Lipinski definition) is 3. The molecule has 3 nitrogen and oxygen atoms in total. The van der Waals surface area contributed by atoms with Crippen molar-refractivity contribution in [2.75, 3.05) is 32.7 Å². The summed E-state index contributed by atoms with van der Waals surface area (Å²) in [6.45, 7) is 10.8. The Kier molecular flexibility index (Phi) is 8.77. The highest BCUT2D eigenvalue weighted by Gasteiger charge is 2.26. The molecule has 0 saturated carbocycles. The summed E-state index contributed by atoms with van der Waals surface area (Å²) < 4.78 is 0. The van der Waals surface area contributed by atoms with Crippen molar-refractivity contribution >= 4 is 24.8 Å². The molecule has 0 aromatic carbocycles. The van der Waals surface area contributed by atoms with Gasteiger partial charge >= 0.3 is 0 Å². The maximum absolute atomic E-state index is 3.54. The van der Waals surface area contributed by atoms with Crippen LogP contribution in [0.5, 0.6) is 0 Å². The average Bonchev–Trinajstić information content (AvgIpc) is 2.26. The minimum atomic E-state index is 0. The lowest BCUT2D eigenvalue weighted by molar-refractivity contribution is 0.109. The van der Waals surface area contributed by atoms with Crippen LogP contribution < -0.4 is 10.6 Å². The Balaban J connectivity index is 0.00000128. The minimum Gasteiger partial charge on any atom is -0.317 e. The second-order valence-electron chi connectivity index (χ2n) is 5.17. The van der Waals surface area contributed by atoms with E-state index in [0.717, 1.165) is 12.5 Å². The molecule has 2 aliphatic rings. The quantitative estimate of drug-likeness (QED) is 0.805. The number of rotatable bonds is 2. The molecule has 0 radical (unpaired) electrons. The molecule has 0 aromatic heterocycles. The van der Waals surface area contributed by atoms with Gasteiger partial charge < -0.3 is 10.6 Å². The van der Waals surface area contributed by atoms with E-state index in [4.69, 9.17) is 0 Å². The zero-order valence-corrected chi connectivity index (χ0v) is 12.6. The van der Waals surface area contributed by atoms with Crippen molar-refractivity contribution in [3.8, 4) is 0 Å². The van der Waals surface area contributed by atoms with Crippen LogP contribution in [0.4, 0.5) is 0 Å². The van der Waals surface area contributed by atoms with Crippen LogP contribution in [-0.4, -0.2) is 49.7 Å². The SMILES string of the molecule is CC1NCCN(CC2CCNCC2)C1C.Cl.Cl. The lowest BCUT2D eigenvalue weighted by Crippen LogP contribution is -2.56. The summed E-state index contributed by atoms with van der Waals surface area (Å²) in [4.78, 5) is 2.68. The van der Waals surface area contributed by atoms with Gasteiger partial charge in [0.15, 0.2) is 0 Å². The molecule has 0 aromatic rings. The van der Waals surface area contributed by atoms with Gasteiger partial charge in [-0.25, -0.2) is 0 Å². The number of piperidine rings is 1. The van der Waals surface area contributed by atoms with E-state index in [1.165, 1.54) is 39.0 Å². The molecule has 0 spiro atoms. The van der Waals surface area contributed by atoms with Gasteiger partial charge in [0.2, 0.25) is 0 Å². The van der Waals surface area contributed by atoms with Crippen molar-refractivity contribution in [1.29, 1.82) is 0 Å². The molecule has 0 bridgehead atoms. The Morgan fingerprint density at radius 2 is 1.71 bits per heavy atom.